The Morgan fingerprint density at radius 3 is 2.67 bits per heavy atom. The summed E-state index contributed by atoms with van der Waals surface area (Å²) in [6.45, 7) is 6.13. The van der Waals surface area contributed by atoms with Crippen molar-refractivity contribution in [3.8, 4) is 11.8 Å². The van der Waals surface area contributed by atoms with Gasteiger partial charge in [0.25, 0.3) is 5.91 Å². The minimum atomic E-state index is -0.645. The quantitative estimate of drug-likeness (QED) is 0.261. The van der Waals surface area contributed by atoms with Crippen LogP contribution in [-0.2, 0) is 16.1 Å². The van der Waals surface area contributed by atoms with Crippen LogP contribution in [-0.4, -0.2) is 19.0 Å². The summed E-state index contributed by atoms with van der Waals surface area (Å²) in [5.74, 6) is 0.608. The average molecular weight is 465 g/mol. The fourth-order valence-corrected chi connectivity index (χ4v) is 3.97. The molecule has 0 unspecified atom stereocenters. The molecule has 33 heavy (non-hydrogen) atoms. The van der Waals surface area contributed by atoms with E-state index in [9.17, 15) is 14.9 Å². The van der Waals surface area contributed by atoms with Crippen molar-refractivity contribution in [2.45, 2.75) is 33.3 Å². The first-order valence-electron chi connectivity index (χ1n) is 10.2. The molecule has 0 saturated carbocycles. The standard InChI is InChI=1S/C25H24N2O5S/c1-15(2)22-12-20(25(29)30-4)24(33-22)27-23(28)17(13-26)11-18-9-10-19(32-18)14-31-21-8-6-5-7-16(21)3/h5-12,15H,14H2,1-4H3,(H,27,28)/b17-11+. The monoisotopic (exact) mass is 464 g/mol. The van der Waals surface area contributed by atoms with E-state index in [1.54, 1.807) is 18.2 Å². The topological polar surface area (TPSA) is 102 Å². The predicted octanol–water partition coefficient (Wildman–Crippen LogP) is 5.68. The lowest BCUT2D eigenvalue weighted by molar-refractivity contribution is -0.112. The van der Waals surface area contributed by atoms with Crippen molar-refractivity contribution >= 4 is 34.3 Å². The van der Waals surface area contributed by atoms with E-state index in [0.717, 1.165) is 16.2 Å². The van der Waals surface area contributed by atoms with Gasteiger partial charge in [-0.2, -0.15) is 5.26 Å². The Kier molecular flexibility index (Phi) is 7.70. The normalized spacial score (nSPS) is 11.2. The number of thiophene rings is 1. The van der Waals surface area contributed by atoms with Crippen molar-refractivity contribution in [2.24, 2.45) is 0 Å². The van der Waals surface area contributed by atoms with E-state index in [-0.39, 0.29) is 23.7 Å². The number of amides is 1. The van der Waals surface area contributed by atoms with E-state index in [1.807, 2.05) is 51.1 Å². The number of esters is 1. The van der Waals surface area contributed by atoms with Gasteiger partial charge in [-0.05, 0) is 42.7 Å². The number of rotatable bonds is 8. The van der Waals surface area contributed by atoms with Gasteiger partial charge in [-0.15, -0.1) is 11.3 Å². The minimum Gasteiger partial charge on any atom is -0.485 e. The smallest absolute Gasteiger partial charge is 0.340 e. The van der Waals surface area contributed by atoms with Crippen LogP contribution in [0.3, 0.4) is 0 Å². The summed E-state index contributed by atoms with van der Waals surface area (Å²) in [7, 11) is 1.28. The second-order valence-electron chi connectivity index (χ2n) is 7.52. The molecule has 3 rings (SSSR count). The highest BCUT2D eigenvalue weighted by Crippen LogP contribution is 2.33. The van der Waals surface area contributed by atoms with Gasteiger partial charge >= 0.3 is 5.97 Å². The zero-order chi connectivity index (χ0) is 24.0. The summed E-state index contributed by atoms with van der Waals surface area (Å²) >= 11 is 1.27. The molecule has 0 bridgehead atoms. The minimum absolute atomic E-state index is 0.161. The number of anilines is 1. The van der Waals surface area contributed by atoms with Crippen molar-refractivity contribution in [1.82, 2.24) is 0 Å². The average Bonchev–Trinajstić information content (AvgIpc) is 3.43. The maximum absolute atomic E-state index is 12.7. The SMILES string of the molecule is COC(=O)c1cc(C(C)C)sc1NC(=O)/C(C#N)=C/c1ccc(COc2ccccc2C)o1. The molecule has 8 heteroatoms. The predicted molar refractivity (Wildman–Crippen MR) is 126 cm³/mol. The third-order valence-corrected chi connectivity index (χ3v) is 6.10. The van der Waals surface area contributed by atoms with Crippen LogP contribution >= 0.6 is 11.3 Å². The van der Waals surface area contributed by atoms with Crippen LogP contribution in [0, 0.1) is 18.3 Å². The summed E-state index contributed by atoms with van der Waals surface area (Å²) < 4.78 is 16.3. The number of nitriles is 1. The van der Waals surface area contributed by atoms with Crippen LogP contribution < -0.4 is 10.1 Å². The number of nitrogens with zero attached hydrogens (tertiary/aromatic N) is 1. The second kappa shape index (κ2) is 10.7. The lowest BCUT2D eigenvalue weighted by Crippen LogP contribution is -2.15. The Morgan fingerprint density at radius 1 is 1.24 bits per heavy atom. The number of methoxy groups -OCH3 is 1. The van der Waals surface area contributed by atoms with Crippen LogP contribution in [0.15, 0.2) is 52.5 Å². The van der Waals surface area contributed by atoms with Crippen molar-refractivity contribution in [1.29, 1.82) is 5.26 Å². The number of ether oxygens (including phenoxy) is 2. The van der Waals surface area contributed by atoms with Crippen LogP contribution in [0.5, 0.6) is 5.75 Å². The van der Waals surface area contributed by atoms with E-state index in [4.69, 9.17) is 13.9 Å². The number of hydrogen-bond donors (Lipinski definition) is 1. The molecular formula is C25H24N2O5S. The summed E-state index contributed by atoms with van der Waals surface area (Å²) in [5.41, 5.74) is 1.10. The van der Waals surface area contributed by atoms with Gasteiger partial charge in [-0.1, -0.05) is 32.0 Å². The van der Waals surface area contributed by atoms with Crippen molar-refractivity contribution in [3.63, 3.8) is 0 Å². The number of nitrogens with one attached hydrogen (secondary N) is 1. The van der Waals surface area contributed by atoms with Gasteiger partial charge in [-0.3, -0.25) is 4.79 Å². The molecule has 0 spiro atoms. The Labute approximate surface area is 196 Å². The van der Waals surface area contributed by atoms with E-state index >= 15 is 0 Å². The molecule has 1 aromatic carbocycles. The first kappa shape index (κ1) is 23.8. The molecule has 0 saturated heterocycles. The molecule has 0 atom stereocenters. The Balaban J connectivity index is 1.74. The third-order valence-electron chi connectivity index (χ3n) is 4.75. The number of hydrogen-bond acceptors (Lipinski definition) is 7. The number of benzene rings is 1. The summed E-state index contributed by atoms with van der Waals surface area (Å²) in [5, 5.41) is 12.5. The fourth-order valence-electron chi connectivity index (χ4n) is 2.93. The highest BCUT2D eigenvalue weighted by molar-refractivity contribution is 7.16. The number of para-hydroxylation sites is 1. The molecule has 0 aliphatic rings. The Morgan fingerprint density at radius 2 is 2.00 bits per heavy atom. The summed E-state index contributed by atoms with van der Waals surface area (Å²) in [4.78, 5) is 25.7. The van der Waals surface area contributed by atoms with E-state index < -0.39 is 11.9 Å². The van der Waals surface area contributed by atoms with E-state index in [0.29, 0.717) is 16.5 Å². The number of furan rings is 1. The number of carbonyl (C=O) groups excluding carboxylic acids is 2. The molecule has 170 valence electrons. The lowest BCUT2D eigenvalue weighted by Gasteiger charge is -2.06. The molecular weight excluding hydrogens is 440 g/mol. The Bertz CT molecular complexity index is 1230. The summed E-state index contributed by atoms with van der Waals surface area (Å²) in [6.07, 6.45) is 1.35. The van der Waals surface area contributed by atoms with Gasteiger partial charge in [-0.25, -0.2) is 4.79 Å². The van der Waals surface area contributed by atoms with Crippen molar-refractivity contribution < 1.29 is 23.5 Å². The Hall–Kier alpha value is -3.83. The van der Waals surface area contributed by atoms with Gasteiger partial charge < -0.3 is 19.2 Å². The molecule has 0 radical (unpaired) electrons. The van der Waals surface area contributed by atoms with Gasteiger partial charge in [0.05, 0.1) is 12.7 Å². The fraction of sp³-hybridized carbons (Fsp3) is 0.240. The zero-order valence-corrected chi connectivity index (χ0v) is 19.6. The molecule has 7 nitrogen and oxygen atoms in total. The van der Waals surface area contributed by atoms with Gasteiger partial charge in [0, 0.05) is 11.0 Å². The van der Waals surface area contributed by atoms with Crippen molar-refractivity contribution in [3.05, 3.63) is 75.6 Å². The molecule has 0 aliphatic heterocycles. The van der Waals surface area contributed by atoms with Gasteiger partial charge in [0.1, 0.15) is 40.5 Å². The van der Waals surface area contributed by atoms with Crippen LogP contribution in [0.2, 0.25) is 0 Å². The second-order valence-corrected chi connectivity index (χ2v) is 8.60. The van der Waals surface area contributed by atoms with Gasteiger partial charge in [0.15, 0.2) is 0 Å². The number of aryl methyl sites for hydroxylation is 1. The lowest BCUT2D eigenvalue weighted by atomic mass is 10.1. The highest BCUT2D eigenvalue weighted by atomic mass is 32.1. The molecule has 1 amide bonds. The zero-order valence-electron chi connectivity index (χ0n) is 18.8. The van der Waals surface area contributed by atoms with E-state index in [1.165, 1.54) is 24.5 Å². The first-order chi connectivity index (χ1) is 15.8. The van der Waals surface area contributed by atoms with Gasteiger partial charge in [0.2, 0.25) is 0 Å². The molecule has 0 aliphatic carbocycles. The molecule has 2 aromatic heterocycles. The summed E-state index contributed by atoms with van der Waals surface area (Å²) in [6, 6.07) is 14.6. The molecule has 0 fully saturated rings. The third kappa shape index (κ3) is 5.90. The maximum atomic E-state index is 12.7. The van der Waals surface area contributed by atoms with E-state index in [2.05, 4.69) is 5.32 Å². The maximum Gasteiger partial charge on any atom is 0.340 e. The highest BCUT2D eigenvalue weighted by Gasteiger charge is 2.21. The molecule has 2 heterocycles. The molecule has 1 N–H and O–H groups in total. The van der Waals surface area contributed by atoms with Crippen LogP contribution in [0.4, 0.5) is 5.00 Å². The molecule has 3 aromatic rings. The van der Waals surface area contributed by atoms with Crippen LogP contribution in [0.1, 0.15) is 52.1 Å². The van der Waals surface area contributed by atoms with Crippen molar-refractivity contribution in [2.75, 3.05) is 12.4 Å². The first-order valence-corrected chi connectivity index (χ1v) is 11.1. The number of carbonyl (C=O) groups is 2. The van der Waals surface area contributed by atoms with Crippen LogP contribution in [0.25, 0.3) is 6.08 Å². The largest absolute Gasteiger partial charge is 0.485 e.